The summed E-state index contributed by atoms with van der Waals surface area (Å²) in [5.74, 6) is 5.28. The van der Waals surface area contributed by atoms with Crippen molar-refractivity contribution in [2.45, 2.75) is 26.3 Å². The van der Waals surface area contributed by atoms with Gasteiger partial charge in [0.2, 0.25) is 0 Å². The highest BCUT2D eigenvalue weighted by Gasteiger charge is 2.15. The third kappa shape index (κ3) is 3.37. The molecule has 0 aliphatic heterocycles. The van der Waals surface area contributed by atoms with Gasteiger partial charge in [-0.15, -0.1) is 0 Å². The summed E-state index contributed by atoms with van der Waals surface area (Å²) in [6, 6.07) is 10.5. The van der Waals surface area contributed by atoms with E-state index >= 15 is 0 Å². The second-order valence-electron chi connectivity index (χ2n) is 5.01. The predicted molar refractivity (Wildman–Crippen MR) is 81.1 cm³/mol. The Labute approximate surface area is 123 Å². The van der Waals surface area contributed by atoms with E-state index < -0.39 is 0 Å². The fourth-order valence-electron chi connectivity index (χ4n) is 2.21. The molecular weight excluding hydrogens is 275 g/mol. The summed E-state index contributed by atoms with van der Waals surface area (Å²) in [6.45, 7) is 4.16. The van der Waals surface area contributed by atoms with Crippen molar-refractivity contribution < 1.29 is 4.39 Å². The van der Waals surface area contributed by atoms with Crippen molar-refractivity contribution in [2.24, 2.45) is 5.84 Å². The number of hydrogen-bond acceptors (Lipinski definition) is 2. The maximum atomic E-state index is 13.1. The number of benzene rings is 2. The van der Waals surface area contributed by atoms with Crippen molar-refractivity contribution in [3.63, 3.8) is 0 Å². The number of nitrogens with one attached hydrogen (secondary N) is 1. The molecule has 0 saturated carbocycles. The Hall–Kier alpha value is -1.42. The molecule has 0 radical (unpaired) electrons. The van der Waals surface area contributed by atoms with Crippen LogP contribution in [0.2, 0.25) is 5.02 Å². The van der Waals surface area contributed by atoms with Crippen molar-refractivity contribution in [3.05, 3.63) is 69.5 Å². The first-order valence-electron chi connectivity index (χ1n) is 6.48. The zero-order valence-corrected chi connectivity index (χ0v) is 12.3. The lowest BCUT2D eigenvalue weighted by atomic mass is 9.97. The van der Waals surface area contributed by atoms with Crippen molar-refractivity contribution in [3.8, 4) is 0 Å². The van der Waals surface area contributed by atoms with Gasteiger partial charge in [0.25, 0.3) is 0 Å². The highest BCUT2D eigenvalue weighted by atomic mass is 35.5. The van der Waals surface area contributed by atoms with Crippen LogP contribution in [0.25, 0.3) is 0 Å². The van der Waals surface area contributed by atoms with Gasteiger partial charge in [-0.05, 0) is 54.7 Å². The van der Waals surface area contributed by atoms with Crippen LogP contribution in [0.1, 0.15) is 28.3 Å². The lowest BCUT2D eigenvalue weighted by molar-refractivity contribution is 0.549. The monoisotopic (exact) mass is 292 g/mol. The molecule has 2 rings (SSSR count). The van der Waals surface area contributed by atoms with Crippen LogP contribution in [0.4, 0.5) is 4.39 Å². The third-order valence-corrected chi connectivity index (χ3v) is 3.88. The van der Waals surface area contributed by atoms with Crippen LogP contribution in [-0.2, 0) is 6.42 Å². The first-order valence-corrected chi connectivity index (χ1v) is 6.86. The molecule has 0 heterocycles. The molecule has 0 amide bonds. The molecule has 20 heavy (non-hydrogen) atoms. The van der Waals surface area contributed by atoms with Gasteiger partial charge in [0.1, 0.15) is 5.82 Å². The minimum Gasteiger partial charge on any atom is -0.271 e. The normalized spacial score (nSPS) is 12.4. The largest absolute Gasteiger partial charge is 0.271 e. The minimum atomic E-state index is -0.347. The predicted octanol–water partition coefficient (Wildman–Crippen LogP) is 3.84. The molecule has 0 spiro atoms. The van der Waals surface area contributed by atoms with Crippen LogP contribution in [0.5, 0.6) is 0 Å². The van der Waals surface area contributed by atoms with Crippen molar-refractivity contribution in [1.29, 1.82) is 0 Å². The molecule has 0 fully saturated rings. The van der Waals surface area contributed by atoms with Gasteiger partial charge in [0.05, 0.1) is 6.04 Å². The Bertz CT molecular complexity index is 613. The Morgan fingerprint density at radius 1 is 1.15 bits per heavy atom. The second-order valence-corrected chi connectivity index (χ2v) is 5.42. The molecule has 1 unspecified atom stereocenters. The van der Waals surface area contributed by atoms with Gasteiger partial charge < -0.3 is 0 Å². The zero-order valence-electron chi connectivity index (χ0n) is 11.6. The Kier molecular flexibility index (Phi) is 4.76. The molecule has 0 saturated heterocycles. The number of aryl methyl sites for hydroxylation is 2. The Morgan fingerprint density at radius 3 is 2.50 bits per heavy atom. The zero-order chi connectivity index (χ0) is 14.7. The molecule has 2 aromatic carbocycles. The maximum absolute atomic E-state index is 13.1. The fourth-order valence-corrected chi connectivity index (χ4v) is 2.51. The number of nitrogens with two attached hydrogens (primary N) is 1. The van der Waals surface area contributed by atoms with E-state index in [1.54, 1.807) is 6.07 Å². The van der Waals surface area contributed by atoms with E-state index in [-0.39, 0.29) is 11.9 Å². The lowest BCUT2D eigenvalue weighted by Gasteiger charge is -2.18. The molecule has 0 aliphatic carbocycles. The van der Waals surface area contributed by atoms with Gasteiger partial charge in [-0.3, -0.25) is 11.3 Å². The van der Waals surface area contributed by atoms with E-state index in [1.165, 1.54) is 23.3 Å². The SMILES string of the molecule is Cc1ccc(CC(NN)c2ccc(F)cc2Cl)cc1C. The van der Waals surface area contributed by atoms with E-state index in [9.17, 15) is 4.39 Å². The lowest BCUT2D eigenvalue weighted by Crippen LogP contribution is -2.29. The number of halogens is 2. The van der Waals surface area contributed by atoms with Crippen molar-refractivity contribution >= 4 is 11.6 Å². The summed E-state index contributed by atoms with van der Waals surface area (Å²) in [5.41, 5.74) is 7.21. The van der Waals surface area contributed by atoms with Gasteiger partial charge in [0, 0.05) is 5.02 Å². The standard InChI is InChI=1S/C16H18ClFN2/c1-10-3-4-12(7-11(10)2)8-16(20-19)14-6-5-13(18)9-15(14)17/h3-7,9,16,20H,8,19H2,1-2H3. The summed E-state index contributed by atoms with van der Waals surface area (Å²) in [4.78, 5) is 0. The van der Waals surface area contributed by atoms with E-state index in [2.05, 4.69) is 37.5 Å². The molecule has 0 aliphatic rings. The number of hydrazine groups is 1. The average molecular weight is 293 g/mol. The Morgan fingerprint density at radius 2 is 1.90 bits per heavy atom. The van der Waals surface area contributed by atoms with E-state index in [1.807, 2.05) is 0 Å². The molecule has 0 aromatic heterocycles. The van der Waals surface area contributed by atoms with Crippen LogP contribution >= 0.6 is 11.6 Å². The van der Waals surface area contributed by atoms with E-state index in [0.29, 0.717) is 11.4 Å². The summed E-state index contributed by atoms with van der Waals surface area (Å²) < 4.78 is 13.1. The topological polar surface area (TPSA) is 38.0 Å². The van der Waals surface area contributed by atoms with Gasteiger partial charge in [-0.25, -0.2) is 4.39 Å². The fraction of sp³-hybridized carbons (Fsp3) is 0.250. The summed E-state index contributed by atoms with van der Waals surface area (Å²) in [6.07, 6.45) is 0.697. The quantitative estimate of drug-likeness (QED) is 0.664. The molecule has 1 atom stereocenters. The minimum absolute atomic E-state index is 0.148. The smallest absolute Gasteiger partial charge is 0.124 e. The molecule has 3 N–H and O–H groups in total. The molecule has 2 nitrogen and oxygen atoms in total. The first kappa shape index (κ1) is 15.0. The van der Waals surface area contributed by atoms with E-state index in [0.717, 1.165) is 11.1 Å². The Balaban J connectivity index is 2.26. The van der Waals surface area contributed by atoms with Gasteiger partial charge >= 0.3 is 0 Å². The number of hydrogen-bond donors (Lipinski definition) is 2. The number of rotatable bonds is 4. The molecular formula is C16H18ClFN2. The van der Waals surface area contributed by atoms with E-state index in [4.69, 9.17) is 17.4 Å². The summed E-state index contributed by atoms with van der Waals surface area (Å²) >= 11 is 6.09. The van der Waals surface area contributed by atoms with Gasteiger partial charge in [0.15, 0.2) is 0 Å². The molecule has 2 aromatic rings. The van der Waals surface area contributed by atoms with Gasteiger partial charge in [-0.1, -0.05) is 35.9 Å². The molecule has 4 heteroatoms. The molecule has 0 bridgehead atoms. The van der Waals surface area contributed by atoms with Crippen LogP contribution in [0.15, 0.2) is 36.4 Å². The van der Waals surface area contributed by atoms with Crippen molar-refractivity contribution in [1.82, 2.24) is 5.43 Å². The average Bonchev–Trinajstić information content (AvgIpc) is 2.41. The summed E-state index contributed by atoms with van der Waals surface area (Å²) in [7, 11) is 0. The maximum Gasteiger partial charge on any atom is 0.124 e. The third-order valence-electron chi connectivity index (χ3n) is 3.55. The van der Waals surface area contributed by atoms with Crippen LogP contribution in [0.3, 0.4) is 0 Å². The van der Waals surface area contributed by atoms with Crippen LogP contribution < -0.4 is 11.3 Å². The summed E-state index contributed by atoms with van der Waals surface area (Å²) in [5, 5.41) is 0.386. The highest BCUT2D eigenvalue weighted by Crippen LogP contribution is 2.26. The highest BCUT2D eigenvalue weighted by molar-refractivity contribution is 6.31. The van der Waals surface area contributed by atoms with Crippen LogP contribution in [0, 0.1) is 19.7 Å². The van der Waals surface area contributed by atoms with Gasteiger partial charge in [-0.2, -0.15) is 0 Å². The first-order chi connectivity index (χ1) is 9.51. The molecule has 106 valence electrons. The second kappa shape index (κ2) is 6.35. The van der Waals surface area contributed by atoms with Crippen LogP contribution in [-0.4, -0.2) is 0 Å². The van der Waals surface area contributed by atoms with Crippen molar-refractivity contribution in [2.75, 3.05) is 0 Å².